The fraction of sp³-hybridized carbons (Fsp3) is 0.611. The topological polar surface area (TPSA) is 78.9 Å². The van der Waals surface area contributed by atoms with Crippen LogP contribution in [0.25, 0.3) is 0 Å². The first kappa shape index (κ1) is 20.8. The van der Waals surface area contributed by atoms with E-state index in [1.807, 2.05) is 7.05 Å². The van der Waals surface area contributed by atoms with Gasteiger partial charge < -0.3 is 15.0 Å². The minimum atomic E-state index is -3.48. The van der Waals surface area contributed by atoms with E-state index in [9.17, 15) is 13.2 Å². The predicted molar refractivity (Wildman–Crippen MR) is 102 cm³/mol. The molecule has 1 N–H and O–H groups in total. The lowest BCUT2D eigenvalue weighted by Crippen LogP contribution is -2.46. The molecule has 1 aliphatic heterocycles. The highest BCUT2D eigenvalue weighted by Crippen LogP contribution is 2.19. The molecule has 1 amide bonds. The number of amides is 1. The number of hydrogen-bond acceptors (Lipinski definition) is 5. The maximum atomic E-state index is 12.7. The summed E-state index contributed by atoms with van der Waals surface area (Å²) in [5.74, 6) is 0.288. The Kier molecular flexibility index (Phi) is 7.57. The minimum absolute atomic E-state index is 0.150. The lowest BCUT2D eigenvalue weighted by Gasteiger charge is -2.31. The Hall–Kier alpha value is -1.48. The molecule has 0 atom stereocenters. The van der Waals surface area contributed by atoms with Crippen LogP contribution in [0.2, 0.25) is 0 Å². The number of sulfonamides is 1. The van der Waals surface area contributed by atoms with Crippen molar-refractivity contribution >= 4 is 21.6 Å². The number of nitrogens with zero attached hydrogens (tertiary/aromatic N) is 2. The summed E-state index contributed by atoms with van der Waals surface area (Å²) in [5.41, 5.74) is 0.580. The summed E-state index contributed by atoms with van der Waals surface area (Å²) in [5, 5.41) is 2.76. The maximum Gasteiger partial charge on any atom is 0.243 e. The summed E-state index contributed by atoms with van der Waals surface area (Å²) < 4.78 is 32.2. The molecule has 1 aromatic rings. The molecular formula is C18H29N3O4S. The fourth-order valence-electron chi connectivity index (χ4n) is 2.60. The average molecular weight is 384 g/mol. The molecule has 0 radical (unpaired) electrons. The molecule has 1 saturated heterocycles. The fourth-order valence-corrected chi connectivity index (χ4v) is 4.02. The Morgan fingerprint density at radius 2 is 1.77 bits per heavy atom. The smallest absolute Gasteiger partial charge is 0.243 e. The van der Waals surface area contributed by atoms with Gasteiger partial charge in [-0.3, -0.25) is 4.79 Å². The van der Waals surface area contributed by atoms with Crippen molar-refractivity contribution < 1.29 is 17.9 Å². The van der Waals surface area contributed by atoms with Crippen LogP contribution in [0.15, 0.2) is 29.2 Å². The quantitative estimate of drug-likeness (QED) is 0.690. The van der Waals surface area contributed by atoms with Gasteiger partial charge in [0.1, 0.15) is 0 Å². The second-order valence-electron chi connectivity index (χ2n) is 7.00. The molecule has 0 aliphatic carbocycles. The maximum absolute atomic E-state index is 12.7. The second-order valence-corrected chi connectivity index (χ2v) is 8.94. The Morgan fingerprint density at radius 1 is 1.15 bits per heavy atom. The molecule has 1 heterocycles. The molecule has 7 nitrogen and oxygen atoms in total. The zero-order valence-electron chi connectivity index (χ0n) is 15.8. The van der Waals surface area contributed by atoms with Gasteiger partial charge in [-0.05, 0) is 37.2 Å². The van der Waals surface area contributed by atoms with Crippen LogP contribution < -0.4 is 5.32 Å². The van der Waals surface area contributed by atoms with Gasteiger partial charge in [-0.25, -0.2) is 8.42 Å². The van der Waals surface area contributed by atoms with E-state index in [0.717, 1.165) is 13.1 Å². The number of rotatable bonds is 8. The van der Waals surface area contributed by atoms with Gasteiger partial charge in [0.05, 0.1) is 17.9 Å². The lowest BCUT2D eigenvalue weighted by molar-refractivity contribution is -0.117. The molecule has 2 rings (SSSR count). The van der Waals surface area contributed by atoms with Gasteiger partial charge in [0.15, 0.2) is 0 Å². The van der Waals surface area contributed by atoms with Crippen LogP contribution in [0.3, 0.4) is 0 Å². The normalized spacial score (nSPS) is 16.8. The zero-order valence-corrected chi connectivity index (χ0v) is 16.6. The van der Waals surface area contributed by atoms with E-state index in [1.165, 1.54) is 4.31 Å². The van der Waals surface area contributed by atoms with E-state index in [-0.39, 0.29) is 17.2 Å². The van der Waals surface area contributed by atoms with Crippen molar-refractivity contribution in [1.82, 2.24) is 9.21 Å². The number of ether oxygens (including phenoxy) is 1. The molecule has 0 unspecified atom stereocenters. The molecular weight excluding hydrogens is 354 g/mol. The van der Waals surface area contributed by atoms with Crippen molar-refractivity contribution in [3.63, 3.8) is 0 Å². The van der Waals surface area contributed by atoms with Crippen LogP contribution in [0, 0.1) is 5.92 Å². The molecule has 0 bridgehead atoms. The van der Waals surface area contributed by atoms with Crippen molar-refractivity contribution in [2.45, 2.75) is 25.2 Å². The van der Waals surface area contributed by atoms with Gasteiger partial charge in [0.25, 0.3) is 0 Å². The summed E-state index contributed by atoms with van der Waals surface area (Å²) in [4.78, 5) is 14.3. The first-order valence-electron chi connectivity index (χ1n) is 8.95. The summed E-state index contributed by atoms with van der Waals surface area (Å²) in [6, 6.07) is 6.32. The minimum Gasteiger partial charge on any atom is -0.381 e. The first-order chi connectivity index (χ1) is 12.3. The molecule has 0 spiro atoms. The van der Waals surface area contributed by atoms with E-state index < -0.39 is 10.0 Å². The van der Waals surface area contributed by atoms with Crippen LogP contribution in [0.4, 0.5) is 5.69 Å². The summed E-state index contributed by atoms with van der Waals surface area (Å²) in [6.07, 6.45) is 0.272. The van der Waals surface area contributed by atoms with Crippen molar-refractivity contribution in [1.29, 1.82) is 0 Å². The van der Waals surface area contributed by atoms with E-state index in [1.54, 1.807) is 24.3 Å². The Labute approximate surface area is 156 Å². The lowest BCUT2D eigenvalue weighted by atomic mass is 10.2. The Morgan fingerprint density at radius 3 is 2.35 bits per heavy atom. The number of likely N-dealkylation sites (N-methyl/N-ethyl adjacent to an activating group) is 1. The second kappa shape index (κ2) is 9.45. The first-order valence-corrected chi connectivity index (χ1v) is 10.4. The van der Waals surface area contributed by atoms with E-state index in [4.69, 9.17) is 4.74 Å². The summed E-state index contributed by atoms with van der Waals surface area (Å²) in [6.45, 7) is 7.56. The summed E-state index contributed by atoms with van der Waals surface area (Å²) in [7, 11) is -1.50. The highest BCUT2D eigenvalue weighted by molar-refractivity contribution is 7.89. The summed E-state index contributed by atoms with van der Waals surface area (Å²) >= 11 is 0. The van der Waals surface area contributed by atoms with E-state index in [0.29, 0.717) is 37.9 Å². The van der Waals surface area contributed by atoms with Crippen LogP contribution >= 0.6 is 0 Å². The third-order valence-corrected chi connectivity index (χ3v) is 6.08. The highest BCUT2D eigenvalue weighted by Gasteiger charge is 2.27. The standard InChI is InChI=1S/C18H29N3O4S/c1-15(2)14-25-13-8-18(22)19-16-4-6-17(7-5-16)26(23,24)21-11-9-20(3)10-12-21/h4-7,15H,8-14H2,1-3H3,(H,19,22). The number of carbonyl (C=O) groups excluding carboxylic acids is 1. The largest absolute Gasteiger partial charge is 0.381 e. The molecule has 8 heteroatoms. The number of nitrogens with one attached hydrogen (secondary N) is 1. The van der Waals surface area contributed by atoms with Crippen LogP contribution in [0.1, 0.15) is 20.3 Å². The van der Waals surface area contributed by atoms with Crippen LogP contribution in [-0.4, -0.2) is 70.0 Å². The van der Waals surface area contributed by atoms with Gasteiger partial charge in [0, 0.05) is 38.5 Å². The van der Waals surface area contributed by atoms with Gasteiger partial charge in [0.2, 0.25) is 15.9 Å². The Bertz CT molecular complexity index is 681. The molecule has 146 valence electrons. The van der Waals surface area contributed by atoms with Gasteiger partial charge in [-0.1, -0.05) is 13.8 Å². The van der Waals surface area contributed by atoms with Crippen molar-refractivity contribution in [3.8, 4) is 0 Å². The van der Waals surface area contributed by atoms with Crippen molar-refractivity contribution in [2.75, 3.05) is 51.8 Å². The highest BCUT2D eigenvalue weighted by atomic mass is 32.2. The van der Waals surface area contributed by atoms with E-state index in [2.05, 4.69) is 24.1 Å². The number of anilines is 1. The van der Waals surface area contributed by atoms with Crippen molar-refractivity contribution in [3.05, 3.63) is 24.3 Å². The SMILES string of the molecule is CC(C)COCCC(=O)Nc1ccc(S(=O)(=O)N2CCN(C)CC2)cc1. The van der Waals surface area contributed by atoms with Gasteiger partial charge in [-0.2, -0.15) is 4.31 Å². The molecule has 1 aliphatic rings. The predicted octanol–water partition coefficient (Wildman–Crippen LogP) is 1.62. The van der Waals surface area contributed by atoms with Gasteiger partial charge in [-0.15, -0.1) is 0 Å². The Balaban J connectivity index is 1.88. The third kappa shape index (κ3) is 6.05. The monoisotopic (exact) mass is 383 g/mol. The molecule has 0 aromatic heterocycles. The third-order valence-electron chi connectivity index (χ3n) is 4.16. The van der Waals surface area contributed by atoms with Crippen LogP contribution in [0.5, 0.6) is 0 Å². The number of hydrogen-bond donors (Lipinski definition) is 1. The zero-order chi connectivity index (χ0) is 19.2. The van der Waals surface area contributed by atoms with Gasteiger partial charge >= 0.3 is 0 Å². The van der Waals surface area contributed by atoms with E-state index >= 15 is 0 Å². The molecule has 26 heavy (non-hydrogen) atoms. The average Bonchev–Trinajstić information content (AvgIpc) is 2.59. The van der Waals surface area contributed by atoms with Crippen LogP contribution in [-0.2, 0) is 19.6 Å². The number of benzene rings is 1. The number of piperazine rings is 1. The molecule has 0 saturated carbocycles. The van der Waals surface area contributed by atoms with Crippen molar-refractivity contribution in [2.24, 2.45) is 5.92 Å². The molecule has 1 aromatic carbocycles. The number of carbonyl (C=O) groups is 1. The molecule has 1 fully saturated rings.